The standard InChI is InChI=1S/C9H14.C5H10O3.C3H6/c1-8(2)9-6-4-3-5-7-9;1-5(2,3-6)8-4-7;1-3-2/h4,6-8H,3,5H2,1-2H3;4,6H,3H2,1-2H3;3H,1H2,2H3. The van der Waals surface area contributed by atoms with Crippen LogP contribution in [0.5, 0.6) is 0 Å². The van der Waals surface area contributed by atoms with Crippen LogP contribution in [0.4, 0.5) is 0 Å². The molecule has 0 radical (unpaired) electrons. The third-order valence-electron chi connectivity index (χ3n) is 2.44. The highest BCUT2D eigenvalue weighted by atomic mass is 16.5. The maximum absolute atomic E-state index is 9.65. The molecule has 0 atom stereocenters. The molecule has 1 N–H and O–H groups in total. The molecule has 0 aromatic carbocycles. The smallest absolute Gasteiger partial charge is 0.293 e. The zero-order chi connectivity index (χ0) is 16.0. The third kappa shape index (κ3) is 13.1. The molecule has 116 valence electrons. The minimum Gasteiger partial charge on any atom is -0.459 e. The summed E-state index contributed by atoms with van der Waals surface area (Å²) in [6, 6.07) is 0. The topological polar surface area (TPSA) is 46.5 Å². The number of carbonyl (C=O) groups is 1. The van der Waals surface area contributed by atoms with Gasteiger partial charge in [0.05, 0.1) is 6.61 Å². The van der Waals surface area contributed by atoms with Gasteiger partial charge in [-0.05, 0) is 45.1 Å². The number of hydrogen-bond acceptors (Lipinski definition) is 3. The zero-order valence-corrected chi connectivity index (χ0v) is 13.6. The fourth-order valence-corrected chi connectivity index (χ4v) is 1.23. The van der Waals surface area contributed by atoms with E-state index in [9.17, 15) is 4.79 Å². The SMILES string of the molecule is C=CC.CC(C)(CO)OC=O.CC(C)C1=CCCC=C1. The fourth-order valence-electron chi connectivity index (χ4n) is 1.23. The van der Waals surface area contributed by atoms with Crippen LogP contribution in [-0.4, -0.2) is 23.8 Å². The van der Waals surface area contributed by atoms with E-state index in [2.05, 4.69) is 43.4 Å². The molecule has 0 aromatic rings. The molecule has 0 heterocycles. The van der Waals surface area contributed by atoms with Crippen molar-refractivity contribution < 1.29 is 14.6 Å². The molecule has 0 amide bonds. The number of aliphatic hydroxyl groups is 1. The summed E-state index contributed by atoms with van der Waals surface area (Å²) in [4.78, 5) is 9.65. The van der Waals surface area contributed by atoms with Gasteiger partial charge in [0.2, 0.25) is 0 Å². The van der Waals surface area contributed by atoms with Crippen LogP contribution in [-0.2, 0) is 9.53 Å². The van der Waals surface area contributed by atoms with Gasteiger partial charge in [-0.15, -0.1) is 6.58 Å². The fraction of sp³-hybridized carbons (Fsp3) is 0.588. The predicted molar refractivity (Wildman–Crippen MR) is 85.5 cm³/mol. The van der Waals surface area contributed by atoms with Gasteiger partial charge in [0.25, 0.3) is 6.47 Å². The Labute approximate surface area is 124 Å². The summed E-state index contributed by atoms with van der Waals surface area (Å²) in [7, 11) is 0. The number of hydrogen-bond donors (Lipinski definition) is 1. The normalized spacial score (nSPS) is 13.2. The molecule has 0 aliphatic heterocycles. The molecule has 0 aromatic heterocycles. The number of carbonyl (C=O) groups excluding carboxylic acids is 1. The van der Waals surface area contributed by atoms with Crippen molar-refractivity contribution >= 4 is 6.47 Å². The monoisotopic (exact) mass is 282 g/mol. The zero-order valence-electron chi connectivity index (χ0n) is 13.6. The Hall–Kier alpha value is -1.35. The van der Waals surface area contributed by atoms with Crippen LogP contribution in [0.1, 0.15) is 47.5 Å². The highest BCUT2D eigenvalue weighted by molar-refractivity contribution is 5.38. The van der Waals surface area contributed by atoms with E-state index in [0.29, 0.717) is 12.4 Å². The maximum Gasteiger partial charge on any atom is 0.293 e. The largest absolute Gasteiger partial charge is 0.459 e. The molecule has 1 aliphatic rings. The van der Waals surface area contributed by atoms with E-state index in [1.165, 1.54) is 18.4 Å². The molecule has 0 fully saturated rings. The maximum atomic E-state index is 9.65. The Morgan fingerprint density at radius 2 is 2.00 bits per heavy atom. The number of ether oxygens (including phenoxy) is 1. The Kier molecular flexibility index (Phi) is 13.3. The Morgan fingerprint density at radius 1 is 1.45 bits per heavy atom. The van der Waals surface area contributed by atoms with Gasteiger partial charge in [-0.3, -0.25) is 4.79 Å². The highest BCUT2D eigenvalue weighted by Gasteiger charge is 2.15. The first kappa shape index (κ1) is 21.0. The van der Waals surface area contributed by atoms with E-state index in [0.717, 1.165) is 0 Å². The van der Waals surface area contributed by atoms with Gasteiger partial charge in [-0.1, -0.05) is 38.2 Å². The van der Waals surface area contributed by atoms with Crippen molar-refractivity contribution in [2.75, 3.05) is 6.61 Å². The van der Waals surface area contributed by atoms with E-state index in [4.69, 9.17) is 5.11 Å². The molecule has 0 unspecified atom stereocenters. The van der Waals surface area contributed by atoms with Crippen molar-refractivity contribution in [2.45, 2.75) is 53.1 Å². The van der Waals surface area contributed by atoms with Gasteiger partial charge in [-0.25, -0.2) is 0 Å². The van der Waals surface area contributed by atoms with Crippen LogP contribution in [0.2, 0.25) is 0 Å². The molecular weight excluding hydrogens is 252 g/mol. The Morgan fingerprint density at radius 3 is 2.20 bits per heavy atom. The minimum absolute atomic E-state index is 0.147. The van der Waals surface area contributed by atoms with Gasteiger partial charge in [0, 0.05) is 0 Å². The Balaban J connectivity index is 0. The quantitative estimate of drug-likeness (QED) is 0.625. The summed E-state index contributed by atoms with van der Waals surface area (Å²) in [5, 5.41) is 8.44. The van der Waals surface area contributed by atoms with E-state index in [1.54, 1.807) is 19.9 Å². The van der Waals surface area contributed by atoms with Crippen molar-refractivity contribution in [3.05, 3.63) is 36.5 Å². The van der Waals surface area contributed by atoms with Gasteiger partial charge < -0.3 is 9.84 Å². The molecule has 0 spiro atoms. The lowest BCUT2D eigenvalue weighted by Gasteiger charge is -2.18. The highest BCUT2D eigenvalue weighted by Crippen LogP contribution is 2.16. The molecule has 0 bridgehead atoms. The second-order valence-electron chi connectivity index (χ2n) is 5.38. The van der Waals surface area contributed by atoms with Crippen molar-refractivity contribution in [1.82, 2.24) is 0 Å². The van der Waals surface area contributed by atoms with E-state index in [-0.39, 0.29) is 6.61 Å². The van der Waals surface area contributed by atoms with Crippen molar-refractivity contribution in [3.8, 4) is 0 Å². The van der Waals surface area contributed by atoms with Crippen molar-refractivity contribution in [3.63, 3.8) is 0 Å². The summed E-state index contributed by atoms with van der Waals surface area (Å²) in [6.07, 6.45) is 11.1. The lowest BCUT2D eigenvalue weighted by Crippen LogP contribution is -2.28. The first-order valence-corrected chi connectivity index (χ1v) is 7.00. The second kappa shape index (κ2) is 12.7. The molecular formula is C17H30O3. The first-order valence-electron chi connectivity index (χ1n) is 7.00. The van der Waals surface area contributed by atoms with Crippen molar-refractivity contribution in [1.29, 1.82) is 0 Å². The number of rotatable bonds is 4. The van der Waals surface area contributed by atoms with Crippen LogP contribution in [0.25, 0.3) is 0 Å². The van der Waals surface area contributed by atoms with Crippen LogP contribution >= 0.6 is 0 Å². The van der Waals surface area contributed by atoms with Crippen LogP contribution in [0, 0.1) is 5.92 Å². The molecule has 3 nitrogen and oxygen atoms in total. The molecule has 20 heavy (non-hydrogen) atoms. The average molecular weight is 282 g/mol. The van der Waals surface area contributed by atoms with E-state index >= 15 is 0 Å². The summed E-state index contributed by atoms with van der Waals surface area (Å²) < 4.78 is 4.45. The van der Waals surface area contributed by atoms with Gasteiger partial charge in [0.1, 0.15) is 5.60 Å². The number of allylic oxidation sites excluding steroid dienone is 5. The second-order valence-corrected chi connectivity index (χ2v) is 5.38. The lowest BCUT2D eigenvalue weighted by molar-refractivity contribution is -0.143. The van der Waals surface area contributed by atoms with Crippen LogP contribution in [0.3, 0.4) is 0 Å². The first-order chi connectivity index (χ1) is 9.34. The summed E-state index contributed by atoms with van der Waals surface area (Å²) >= 11 is 0. The summed E-state index contributed by atoms with van der Waals surface area (Å²) in [6.45, 7) is 13.2. The van der Waals surface area contributed by atoms with Crippen LogP contribution < -0.4 is 0 Å². The van der Waals surface area contributed by atoms with Crippen LogP contribution in [0.15, 0.2) is 36.5 Å². The lowest BCUT2D eigenvalue weighted by atomic mass is 9.97. The molecule has 0 saturated carbocycles. The van der Waals surface area contributed by atoms with E-state index < -0.39 is 5.60 Å². The Bertz CT molecular complexity index is 312. The predicted octanol–water partition coefficient (Wildman–Crippen LogP) is 4.04. The molecule has 1 aliphatic carbocycles. The molecule has 1 rings (SSSR count). The van der Waals surface area contributed by atoms with Gasteiger partial charge in [0.15, 0.2) is 0 Å². The number of aliphatic hydroxyl groups excluding tert-OH is 1. The van der Waals surface area contributed by atoms with E-state index in [1.807, 2.05) is 6.92 Å². The minimum atomic E-state index is -0.720. The van der Waals surface area contributed by atoms with Gasteiger partial charge >= 0.3 is 0 Å². The molecule has 3 heteroatoms. The summed E-state index contributed by atoms with van der Waals surface area (Å²) in [5.74, 6) is 0.710. The summed E-state index contributed by atoms with van der Waals surface area (Å²) in [5.41, 5.74) is 0.781. The molecule has 0 saturated heterocycles. The third-order valence-corrected chi connectivity index (χ3v) is 2.44. The average Bonchev–Trinajstić information content (AvgIpc) is 2.41. The van der Waals surface area contributed by atoms with Gasteiger partial charge in [-0.2, -0.15) is 0 Å². The van der Waals surface area contributed by atoms with Crippen molar-refractivity contribution in [2.24, 2.45) is 5.92 Å².